The Labute approximate surface area is 79.6 Å². The number of rotatable bonds is 5. The van der Waals surface area contributed by atoms with Crippen molar-refractivity contribution in [2.24, 2.45) is 0 Å². The van der Waals surface area contributed by atoms with Gasteiger partial charge >= 0.3 is 0 Å². The Morgan fingerprint density at radius 1 is 1.67 bits per heavy atom. The molecule has 72 valence electrons. The average Bonchev–Trinajstić information content (AvgIpc) is 2.04. The van der Waals surface area contributed by atoms with Crippen LogP contribution in [0, 0.1) is 0 Å². The topological polar surface area (TPSA) is 32.3 Å². The molecule has 0 aliphatic rings. The summed E-state index contributed by atoms with van der Waals surface area (Å²) in [5.74, 6) is 0. The summed E-state index contributed by atoms with van der Waals surface area (Å²) in [4.78, 5) is 0. The molecular weight excluding hydrogens is 174 g/mol. The lowest BCUT2D eigenvalue weighted by Gasteiger charge is -2.21. The van der Waals surface area contributed by atoms with Crippen molar-refractivity contribution in [1.29, 1.82) is 0 Å². The highest BCUT2D eigenvalue weighted by Crippen LogP contribution is 2.06. The first-order chi connectivity index (χ1) is 5.52. The number of hydrogen-bond donors (Lipinski definition) is 2. The Morgan fingerprint density at radius 2 is 2.25 bits per heavy atom. The zero-order chi connectivity index (χ0) is 9.61. The van der Waals surface area contributed by atoms with Gasteiger partial charge in [0.25, 0.3) is 0 Å². The molecule has 2 nitrogen and oxygen atoms in total. The minimum Gasteiger partial charge on any atom is -0.389 e. The van der Waals surface area contributed by atoms with Crippen molar-refractivity contribution in [3.05, 3.63) is 11.1 Å². The van der Waals surface area contributed by atoms with Crippen LogP contribution in [-0.2, 0) is 0 Å². The monoisotopic (exact) mass is 191 g/mol. The van der Waals surface area contributed by atoms with Gasteiger partial charge in [0.15, 0.2) is 0 Å². The highest BCUT2D eigenvalue weighted by Gasteiger charge is 2.15. The molecule has 1 atom stereocenters. The molecule has 0 aliphatic carbocycles. The molecule has 0 spiro atoms. The smallest absolute Gasteiger partial charge is 0.0741 e. The summed E-state index contributed by atoms with van der Waals surface area (Å²) in [5.41, 5.74) is 2.02. The molecule has 12 heavy (non-hydrogen) atoms. The largest absolute Gasteiger partial charge is 0.389 e. The van der Waals surface area contributed by atoms with Crippen LogP contribution in [0.4, 0.5) is 0 Å². The van der Waals surface area contributed by atoms with Gasteiger partial charge in [-0.2, -0.15) is 0 Å². The fraction of sp³-hybridized carbons (Fsp3) is 0.778. The van der Waals surface area contributed by atoms with Gasteiger partial charge in [0, 0.05) is 18.6 Å². The molecule has 0 aromatic carbocycles. The maximum atomic E-state index is 9.59. The van der Waals surface area contributed by atoms with Crippen molar-refractivity contribution >= 4 is 11.6 Å². The third kappa shape index (κ3) is 5.58. The van der Waals surface area contributed by atoms with Crippen molar-refractivity contribution < 1.29 is 5.11 Å². The zero-order valence-corrected chi connectivity index (χ0v) is 8.78. The second-order valence-electron chi connectivity index (χ2n) is 3.41. The Morgan fingerprint density at radius 3 is 2.67 bits per heavy atom. The van der Waals surface area contributed by atoms with Gasteiger partial charge in [-0.25, -0.2) is 0 Å². The van der Waals surface area contributed by atoms with E-state index in [2.05, 4.69) is 5.32 Å². The minimum atomic E-state index is -0.605. The van der Waals surface area contributed by atoms with Crippen LogP contribution in [0.25, 0.3) is 0 Å². The SMILES string of the molecule is CCC(C)(O)CNCC(C)=CCl. The highest BCUT2D eigenvalue weighted by molar-refractivity contribution is 6.25. The van der Waals surface area contributed by atoms with Gasteiger partial charge in [0.1, 0.15) is 0 Å². The van der Waals surface area contributed by atoms with Crippen LogP contribution in [0.5, 0.6) is 0 Å². The first-order valence-electron chi connectivity index (χ1n) is 4.21. The van der Waals surface area contributed by atoms with Gasteiger partial charge in [-0.3, -0.25) is 0 Å². The third-order valence-corrected chi connectivity index (χ3v) is 2.23. The van der Waals surface area contributed by atoms with E-state index < -0.39 is 5.60 Å². The van der Waals surface area contributed by atoms with E-state index >= 15 is 0 Å². The number of hydrogen-bond acceptors (Lipinski definition) is 2. The minimum absolute atomic E-state index is 0.603. The summed E-state index contributed by atoms with van der Waals surface area (Å²) in [7, 11) is 0. The molecule has 0 fully saturated rings. The normalized spacial score (nSPS) is 17.6. The number of nitrogens with one attached hydrogen (secondary N) is 1. The van der Waals surface area contributed by atoms with Crippen LogP contribution in [0.2, 0.25) is 0 Å². The Hall–Kier alpha value is -0.0500. The lowest BCUT2D eigenvalue weighted by molar-refractivity contribution is 0.0567. The summed E-state index contributed by atoms with van der Waals surface area (Å²) in [6, 6.07) is 0. The van der Waals surface area contributed by atoms with Gasteiger partial charge in [-0.15, -0.1) is 0 Å². The maximum Gasteiger partial charge on any atom is 0.0741 e. The lowest BCUT2D eigenvalue weighted by Crippen LogP contribution is -2.37. The van der Waals surface area contributed by atoms with Crippen molar-refractivity contribution in [3.63, 3.8) is 0 Å². The number of halogens is 1. The molecule has 0 amide bonds. The van der Waals surface area contributed by atoms with E-state index in [-0.39, 0.29) is 0 Å². The maximum absolute atomic E-state index is 9.59. The van der Waals surface area contributed by atoms with E-state index in [1.165, 1.54) is 0 Å². The van der Waals surface area contributed by atoms with Crippen molar-refractivity contribution in [2.75, 3.05) is 13.1 Å². The second kappa shape index (κ2) is 5.57. The molecule has 0 saturated carbocycles. The van der Waals surface area contributed by atoms with Crippen molar-refractivity contribution in [3.8, 4) is 0 Å². The van der Waals surface area contributed by atoms with Crippen molar-refractivity contribution in [2.45, 2.75) is 32.8 Å². The van der Waals surface area contributed by atoms with E-state index in [1.807, 2.05) is 20.8 Å². The summed E-state index contributed by atoms with van der Waals surface area (Å²) in [6.45, 7) is 7.07. The Bertz CT molecular complexity index is 155. The van der Waals surface area contributed by atoms with E-state index in [1.54, 1.807) is 5.54 Å². The molecular formula is C9H18ClNO. The molecule has 0 aromatic heterocycles. The predicted molar refractivity (Wildman–Crippen MR) is 53.4 cm³/mol. The Balaban J connectivity index is 3.56. The van der Waals surface area contributed by atoms with E-state index in [4.69, 9.17) is 11.6 Å². The van der Waals surface area contributed by atoms with Gasteiger partial charge in [0.2, 0.25) is 0 Å². The summed E-state index contributed by atoms with van der Waals surface area (Å²) >= 11 is 5.47. The summed E-state index contributed by atoms with van der Waals surface area (Å²) < 4.78 is 0. The molecule has 2 N–H and O–H groups in total. The van der Waals surface area contributed by atoms with Gasteiger partial charge in [-0.1, -0.05) is 18.5 Å². The molecule has 0 heterocycles. The van der Waals surface area contributed by atoms with Crippen LogP contribution >= 0.6 is 11.6 Å². The predicted octanol–water partition coefficient (Wildman–Crippen LogP) is 1.88. The second-order valence-corrected chi connectivity index (χ2v) is 3.63. The summed E-state index contributed by atoms with van der Waals surface area (Å²) in [5, 5.41) is 12.7. The van der Waals surface area contributed by atoms with Crippen molar-refractivity contribution in [1.82, 2.24) is 5.32 Å². The molecule has 1 unspecified atom stereocenters. The average molecular weight is 192 g/mol. The zero-order valence-electron chi connectivity index (χ0n) is 8.02. The van der Waals surface area contributed by atoms with Crippen LogP contribution in [-0.4, -0.2) is 23.8 Å². The lowest BCUT2D eigenvalue weighted by atomic mass is 10.0. The van der Waals surface area contributed by atoms with E-state index in [9.17, 15) is 5.11 Å². The van der Waals surface area contributed by atoms with E-state index in [0.717, 1.165) is 18.5 Å². The van der Waals surface area contributed by atoms with Gasteiger partial charge in [-0.05, 0) is 25.8 Å². The molecule has 0 radical (unpaired) electrons. The first-order valence-corrected chi connectivity index (χ1v) is 4.64. The van der Waals surface area contributed by atoms with E-state index in [0.29, 0.717) is 6.54 Å². The molecule has 0 rings (SSSR count). The van der Waals surface area contributed by atoms with Crippen LogP contribution in [0.1, 0.15) is 27.2 Å². The molecule has 0 bridgehead atoms. The third-order valence-electron chi connectivity index (χ3n) is 1.86. The van der Waals surface area contributed by atoms with Crippen LogP contribution < -0.4 is 5.32 Å². The standard InChI is InChI=1S/C9H18ClNO/c1-4-9(3,12)7-11-6-8(2)5-10/h5,11-12H,4,6-7H2,1-3H3. The molecule has 0 saturated heterocycles. The van der Waals surface area contributed by atoms with Gasteiger partial charge in [0.05, 0.1) is 5.60 Å². The molecule has 0 aromatic rings. The first kappa shape index (κ1) is 11.9. The van der Waals surface area contributed by atoms with Gasteiger partial charge < -0.3 is 10.4 Å². The number of aliphatic hydroxyl groups is 1. The fourth-order valence-electron chi connectivity index (χ4n) is 0.693. The quantitative estimate of drug-likeness (QED) is 0.696. The van der Waals surface area contributed by atoms with Crippen LogP contribution in [0.15, 0.2) is 11.1 Å². The highest BCUT2D eigenvalue weighted by atomic mass is 35.5. The molecule has 0 aliphatic heterocycles. The summed E-state index contributed by atoms with van der Waals surface area (Å²) in [6.07, 6.45) is 0.754. The fourth-order valence-corrected chi connectivity index (χ4v) is 0.770. The molecule has 3 heteroatoms. The van der Waals surface area contributed by atoms with Crippen LogP contribution in [0.3, 0.4) is 0 Å². The Kier molecular flexibility index (Phi) is 5.55.